The molecule has 1 fully saturated rings. The molecule has 37 heavy (non-hydrogen) atoms. The van der Waals surface area contributed by atoms with E-state index in [0.29, 0.717) is 12.3 Å². The van der Waals surface area contributed by atoms with Crippen molar-refractivity contribution in [3.63, 3.8) is 0 Å². The Labute approximate surface area is 219 Å². The van der Waals surface area contributed by atoms with E-state index in [-0.39, 0.29) is 17.6 Å². The smallest absolute Gasteiger partial charge is 0.239 e. The summed E-state index contributed by atoms with van der Waals surface area (Å²) in [6.45, 7) is 6.12. The Bertz CT molecular complexity index is 1340. The average molecular weight is 524 g/mol. The Kier molecular flexibility index (Phi) is 7.40. The molecule has 0 aliphatic carbocycles. The summed E-state index contributed by atoms with van der Waals surface area (Å²) in [6, 6.07) is 20.5. The molecular weight excluding hydrogens is 489 g/mol. The van der Waals surface area contributed by atoms with Crippen LogP contribution in [-0.4, -0.2) is 53.2 Å². The molecule has 2 aliphatic rings. The molecule has 0 amide bonds. The first-order chi connectivity index (χ1) is 17.9. The molecule has 8 heteroatoms. The van der Waals surface area contributed by atoms with Crippen LogP contribution in [0.5, 0.6) is 5.75 Å². The topological polar surface area (TPSA) is 53.1 Å². The monoisotopic (exact) mass is 523 g/mol. The van der Waals surface area contributed by atoms with Gasteiger partial charge in [0.15, 0.2) is 0 Å². The van der Waals surface area contributed by atoms with Gasteiger partial charge in [-0.1, -0.05) is 42.5 Å². The SMILES string of the molecule is COc1cc(F)ccc1N1CCN(C(C)c2ccc3c(c2)CCCN3S(=O)(=O)Cc2ccccc2)CC1. The van der Waals surface area contributed by atoms with E-state index in [9.17, 15) is 12.8 Å². The molecule has 3 aromatic rings. The van der Waals surface area contributed by atoms with E-state index in [1.54, 1.807) is 17.5 Å². The number of piperazine rings is 1. The number of hydrogen-bond donors (Lipinski definition) is 0. The molecule has 6 nitrogen and oxygen atoms in total. The van der Waals surface area contributed by atoms with Gasteiger partial charge in [-0.15, -0.1) is 0 Å². The first-order valence-electron chi connectivity index (χ1n) is 12.9. The van der Waals surface area contributed by atoms with Crippen LogP contribution < -0.4 is 13.9 Å². The fourth-order valence-electron chi connectivity index (χ4n) is 5.47. The minimum atomic E-state index is -3.46. The van der Waals surface area contributed by atoms with Crippen LogP contribution in [0.25, 0.3) is 0 Å². The third kappa shape index (κ3) is 5.45. The van der Waals surface area contributed by atoms with Crippen LogP contribution in [0.4, 0.5) is 15.8 Å². The number of rotatable bonds is 7. The van der Waals surface area contributed by atoms with E-state index >= 15 is 0 Å². The number of fused-ring (bicyclic) bond motifs is 1. The van der Waals surface area contributed by atoms with Gasteiger partial charge in [-0.05, 0) is 54.7 Å². The van der Waals surface area contributed by atoms with Gasteiger partial charge in [0.25, 0.3) is 0 Å². The highest BCUT2D eigenvalue weighted by Crippen LogP contribution is 2.35. The summed E-state index contributed by atoms with van der Waals surface area (Å²) in [6.07, 6.45) is 1.70. The van der Waals surface area contributed by atoms with Crippen molar-refractivity contribution < 1.29 is 17.5 Å². The van der Waals surface area contributed by atoms with E-state index < -0.39 is 10.0 Å². The molecule has 196 valence electrons. The van der Waals surface area contributed by atoms with Crippen molar-refractivity contribution in [2.24, 2.45) is 0 Å². The first-order valence-corrected chi connectivity index (χ1v) is 14.5. The van der Waals surface area contributed by atoms with Gasteiger partial charge in [-0.3, -0.25) is 9.21 Å². The molecule has 3 aromatic carbocycles. The number of anilines is 2. The number of ether oxygens (including phenoxy) is 1. The van der Waals surface area contributed by atoms with Crippen LogP contribution in [-0.2, 0) is 22.2 Å². The maximum atomic E-state index is 13.6. The number of halogens is 1. The van der Waals surface area contributed by atoms with Crippen molar-refractivity contribution >= 4 is 21.4 Å². The molecule has 1 unspecified atom stereocenters. The summed E-state index contributed by atoms with van der Waals surface area (Å²) in [5.74, 6) is 0.267. The zero-order valence-electron chi connectivity index (χ0n) is 21.4. The molecule has 0 bridgehead atoms. The second-order valence-corrected chi connectivity index (χ2v) is 11.7. The lowest BCUT2D eigenvalue weighted by molar-refractivity contribution is 0.198. The fraction of sp³-hybridized carbons (Fsp3) is 0.379. The zero-order chi connectivity index (χ0) is 26.0. The molecule has 0 N–H and O–H groups in total. The Balaban J connectivity index is 1.28. The normalized spacial score (nSPS) is 17.4. The van der Waals surface area contributed by atoms with Crippen LogP contribution in [0, 0.1) is 5.82 Å². The molecule has 1 atom stereocenters. The standard InChI is InChI=1S/C29H34FN3O3S/c1-22(31-15-17-32(18-16-31)28-13-11-26(30)20-29(28)36-2)24-10-12-27-25(19-24)9-6-14-33(27)37(34,35)21-23-7-4-3-5-8-23/h3-5,7-8,10-13,19-20,22H,6,9,14-18,21H2,1-2H3. The highest BCUT2D eigenvalue weighted by Gasteiger charge is 2.29. The molecule has 0 aromatic heterocycles. The molecule has 1 saturated heterocycles. The fourth-order valence-corrected chi connectivity index (χ4v) is 7.12. The number of methoxy groups -OCH3 is 1. The van der Waals surface area contributed by atoms with Crippen molar-refractivity contribution in [3.8, 4) is 5.75 Å². The van der Waals surface area contributed by atoms with Crippen LogP contribution in [0.3, 0.4) is 0 Å². The number of nitrogens with zero attached hydrogens (tertiary/aromatic N) is 3. The summed E-state index contributed by atoms with van der Waals surface area (Å²) < 4.78 is 47.2. The van der Waals surface area contributed by atoms with Crippen molar-refractivity contribution in [2.45, 2.75) is 31.6 Å². The third-order valence-electron chi connectivity index (χ3n) is 7.53. The van der Waals surface area contributed by atoms with E-state index in [4.69, 9.17) is 4.74 Å². The molecule has 0 radical (unpaired) electrons. The predicted molar refractivity (Wildman–Crippen MR) is 146 cm³/mol. The maximum Gasteiger partial charge on any atom is 0.239 e. The van der Waals surface area contributed by atoms with Gasteiger partial charge >= 0.3 is 0 Å². The van der Waals surface area contributed by atoms with Crippen LogP contribution in [0.15, 0.2) is 66.7 Å². The van der Waals surface area contributed by atoms with Crippen molar-refractivity contribution in [1.82, 2.24) is 4.90 Å². The van der Waals surface area contributed by atoms with E-state index in [1.807, 2.05) is 36.4 Å². The lowest BCUT2D eigenvalue weighted by atomic mass is 9.97. The summed E-state index contributed by atoms with van der Waals surface area (Å²) in [4.78, 5) is 4.69. The van der Waals surface area contributed by atoms with E-state index in [0.717, 1.165) is 61.5 Å². The summed E-state index contributed by atoms with van der Waals surface area (Å²) >= 11 is 0. The van der Waals surface area contributed by atoms with Gasteiger partial charge in [0.05, 0.1) is 24.2 Å². The molecule has 0 saturated carbocycles. The number of benzene rings is 3. The van der Waals surface area contributed by atoms with E-state index in [2.05, 4.69) is 28.9 Å². The Morgan fingerprint density at radius 2 is 1.65 bits per heavy atom. The van der Waals surface area contributed by atoms with Crippen LogP contribution in [0.1, 0.15) is 36.1 Å². The second-order valence-electron chi connectivity index (χ2n) is 9.82. The number of aryl methyl sites for hydroxylation is 1. The Morgan fingerprint density at radius 3 is 2.38 bits per heavy atom. The highest BCUT2D eigenvalue weighted by atomic mass is 32.2. The molecule has 2 aliphatic heterocycles. The average Bonchev–Trinajstić information content (AvgIpc) is 2.92. The zero-order valence-corrected chi connectivity index (χ0v) is 22.3. The van der Waals surface area contributed by atoms with Gasteiger partial charge in [-0.2, -0.15) is 0 Å². The number of sulfonamides is 1. The van der Waals surface area contributed by atoms with Gasteiger partial charge in [-0.25, -0.2) is 12.8 Å². The predicted octanol–water partition coefficient (Wildman–Crippen LogP) is 5.00. The second kappa shape index (κ2) is 10.7. The molecule has 5 rings (SSSR count). The van der Waals surface area contributed by atoms with Crippen molar-refractivity contribution in [3.05, 3.63) is 89.2 Å². The summed E-state index contributed by atoms with van der Waals surface area (Å²) in [5.41, 5.74) is 4.83. The van der Waals surface area contributed by atoms with Crippen molar-refractivity contribution in [2.75, 3.05) is 49.0 Å². The largest absolute Gasteiger partial charge is 0.494 e. The quantitative estimate of drug-likeness (QED) is 0.436. The van der Waals surface area contributed by atoms with Gasteiger partial charge in [0.1, 0.15) is 11.6 Å². The van der Waals surface area contributed by atoms with Crippen LogP contribution in [0.2, 0.25) is 0 Å². The summed E-state index contributed by atoms with van der Waals surface area (Å²) in [5, 5.41) is 0. The van der Waals surface area contributed by atoms with Crippen LogP contribution >= 0.6 is 0 Å². The molecular formula is C29H34FN3O3S. The maximum absolute atomic E-state index is 13.6. The lowest BCUT2D eigenvalue weighted by Crippen LogP contribution is -2.47. The highest BCUT2D eigenvalue weighted by molar-refractivity contribution is 7.92. The van der Waals surface area contributed by atoms with E-state index in [1.165, 1.54) is 17.7 Å². The lowest BCUT2D eigenvalue weighted by Gasteiger charge is -2.40. The Hall–Kier alpha value is -3.10. The Morgan fingerprint density at radius 1 is 0.919 bits per heavy atom. The number of hydrogen-bond acceptors (Lipinski definition) is 5. The van der Waals surface area contributed by atoms with Gasteiger partial charge in [0, 0.05) is 44.8 Å². The summed E-state index contributed by atoms with van der Waals surface area (Å²) in [7, 11) is -1.89. The third-order valence-corrected chi connectivity index (χ3v) is 9.28. The first kappa shape index (κ1) is 25.5. The van der Waals surface area contributed by atoms with Crippen molar-refractivity contribution in [1.29, 1.82) is 0 Å². The minimum Gasteiger partial charge on any atom is -0.494 e. The molecule has 2 heterocycles. The van der Waals surface area contributed by atoms with Gasteiger partial charge < -0.3 is 9.64 Å². The van der Waals surface area contributed by atoms with Gasteiger partial charge in [0.2, 0.25) is 10.0 Å². The minimum absolute atomic E-state index is 0.00849. The molecule has 0 spiro atoms.